The molecule has 0 saturated heterocycles. The van der Waals surface area contributed by atoms with Crippen LogP contribution in [0.3, 0.4) is 0 Å². The molecule has 1 aliphatic rings. The van der Waals surface area contributed by atoms with Crippen LogP contribution in [0.15, 0.2) is 65.9 Å². The molecule has 5 heteroatoms. The lowest BCUT2D eigenvalue weighted by atomic mass is 9.93. The van der Waals surface area contributed by atoms with Crippen molar-refractivity contribution in [1.82, 2.24) is 4.90 Å². The van der Waals surface area contributed by atoms with Crippen LogP contribution >= 0.6 is 0 Å². The van der Waals surface area contributed by atoms with E-state index in [9.17, 15) is 19.8 Å². The van der Waals surface area contributed by atoms with Gasteiger partial charge < -0.3 is 15.1 Å². The second kappa shape index (κ2) is 8.08. The topological polar surface area (TPSA) is 77.8 Å². The van der Waals surface area contributed by atoms with Gasteiger partial charge in [-0.25, -0.2) is 0 Å². The van der Waals surface area contributed by atoms with Gasteiger partial charge in [0.15, 0.2) is 11.5 Å². The summed E-state index contributed by atoms with van der Waals surface area (Å²) in [6.07, 6.45) is 1.46. The zero-order chi connectivity index (χ0) is 19.4. The van der Waals surface area contributed by atoms with Gasteiger partial charge in [-0.05, 0) is 36.1 Å². The molecule has 1 aliphatic heterocycles. The highest BCUT2D eigenvalue weighted by Crippen LogP contribution is 2.38. The molecule has 3 rings (SSSR count). The van der Waals surface area contributed by atoms with E-state index in [0.29, 0.717) is 24.9 Å². The summed E-state index contributed by atoms with van der Waals surface area (Å²) < 4.78 is 0. The Hall–Kier alpha value is -3.08. The van der Waals surface area contributed by atoms with Gasteiger partial charge in [0.2, 0.25) is 0 Å². The molecule has 27 heavy (non-hydrogen) atoms. The average Bonchev–Trinajstić information content (AvgIpc) is 2.93. The molecule has 2 aromatic rings. The van der Waals surface area contributed by atoms with Crippen LogP contribution < -0.4 is 0 Å². The maximum Gasteiger partial charge on any atom is 0.290 e. The van der Waals surface area contributed by atoms with E-state index in [1.807, 2.05) is 37.3 Å². The van der Waals surface area contributed by atoms with Crippen LogP contribution in [0.5, 0.6) is 5.75 Å². The Balaban J connectivity index is 1.90. The predicted molar refractivity (Wildman–Crippen MR) is 102 cm³/mol. The third-order valence-electron chi connectivity index (χ3n) is 4.76. The quantitative estimate of drug-likeness (QED) is 0.784. The van der Waals surface area contributed by atoms with Gasteiger partial charge in [0.05, 0.1) is 11.6 Å². The summed E-state index contributed by atoms with van der Waals surface area (Å²) in [5.74, 6) is -1.10. The lowest BCUT2D eigenvalue weighted by molar-refractivity contribution is -0.129. The molecular weight excluding hydrogens is 342 g/mol. The number of hydrogen-bond donors (Lipinski definition) is 2. The number of aromatic hydroxyl groups is 1. The van der Waals surface area contributed by atoms with Crippen molar-refractivity contribution in [2.24, 2.45) is 0 Å². The number of benzene rings is 2. The van der Waals surface area contributed by atoms with E-state index in [-0.39, 0.29) is 23.5 Å². The van der Waals surface area contributed by atoms with Gasteiger partial charge in [-0.1, -0.05) is 49.4 Å². The fraction of sp³-hybridized carbons (Fsp3) is 0.273. The van der Waals surface area contributed by atoms with Crippen LogP contribution in [0.25, 0.3) is 0 Å². The van der Waals surface area contributed by atoms with E-state index in [0.717, 1.165) is 5.56 Å². The summed E-state index contributed by atoms with van der Waals surface area (Å²) in [5.41, 5.74) is 1.87. The molecule has 0 saturated carbocycles. The maximum atomic E-state index is 12.9. The molecule has 0 bridgehead atoms. The highest BCUT2D eigenvalue weighted by molar-refractivity contribution is 6.09. The Morgan fingerprint density at radius 2 is 1.70 bits per heavy atom. The van der Waals surface area contributed by atoms with E-state index in [1.54, 1.807) is 12.1 Å². The Morgan fingerprint density at radius 3 is 2.33 bits per heavy atom. The van der Waals surface area contributed by atoms with Crippen LogP contribution in [-0.2, 0) is 16.0 Å². The normalized spacial score (nSPS) is 16.9. The lowest BCUT2D eigenvalue weighted by Crippen LogP contribution is -2.31. The zero-order valence-electron chi connectivity index (χ0n) is 15.3. The first-order valence-corrected chi connectivity index (χ1v) is 9.13. The third kappa shape index (κ3) is 3.87. The van der Waals surface area contributed by atoms with Crippen molar-refractivity contribution in [3.05, 3.63) is 77.1 Å². The average molecular weight is 365 g/mol. The van der Waals surface area contributed by atoms with Crippen LogP contribution in [0.4, 0.5) is 0 Å². The number of hydrogen-bond acceptors (Lipinski definition) is 4. The summed E-state index contributed by atoms with van der Waals surface area (Å²) in [4.78, 5) is 27.0. The van der Waals surface area contributed by atoms with Crippen molar-refractivity contribution < 1.29 is 19.8 Å². The van der Waals surface area contributed by atoms with Crippen molar-refractivity contribution in [1.29, 1.82) is 0 Å². The summed E-state index contributed by atoms with van der Waals surface area (Å²) >= 11 is 0. The third-order valence-corrected chi connectivity index (χ3v) is 4.76. The van der Waals surface area contributed by atoms with Crippen molar-refractivity contribution in [3.63, 3.8) is 0 Å². The van der Waals surface area contributed by atoms with Gasteiger partial charge in [0, 0.05) is 13.0 Å². The molecule has 0 aromatic heterocycles. The van der Waals surface area contributed by atoms with Crippen LogP contribution in [0, 0.1) is 0 Å². The van der Waals surface area contributed by atoms with Gasteiger partial charge in [-0.15, -0.1) is 0 Å². The summed E-state index contributed by atoms with van der Waals surface area (Å²) in [7, 11) is 0. The van der Waals surface area contributed by atoms with Gasteiger partial charge in [0.1, 0.15) is 5.75 Å². The predicted octanol–water partition coefficient (Wildman–Crippen LogP) is 3.70. The molecule has 0 radical (unpaired) electrons. The van der Waals surface area contributed by atoms with Gasteiger partial charge in [-0.3, -0.25) is 9.59 Å². The number of ketones is 1. The summed E-state index contributed by atoms with van der Waals surface area (Å²) in [6, 6.07) is 15.4. The molecule has 0 fully saturated rings. The first-order valence-electron chi connectivity index (χ1n) is 9.13. The van der Waals surface area contributed by atoms with Crippen molar-refractivity contribution in [3.8, 4) is 5.75 Å². The molecule has 2 N–H and O–H groups in total. The number of rotatable bonds is 7. The van der Waals surface area contributed by atoms with E-state index in [1.165, 1.54) is 17.0 Å². The van der Waals surface area contributed by atoms with E-state index < -0.39 is 17.7 Å². The number of nitrogens with zero attached hydrogens (tertiary/aromatic N) is 1. The fourth-order valence-corrected chi connectivity index (χ4v) is 3.45. The number of phenolic OH excluding ortho intramolecular Hbond substituents is 1. The molecule has 140 valence electrons. The number of phenols is 1. The minimum absolute atomic E-state index is 0.107. The number of aliphatic hydroxyl groups is 1. The largest absolute Gasteiger partial charge is 0.508 e. The molecular formula is C22H23NO4. The van der Waals surface area contributed by atoms with Gasteiger partial charge in [0.25, 0.3) is 5.91 Å². The van der Waals surface area contributed by atoms with E-state index in [2.05, 4.69) is 0 Å². The van der Waals surface area contributed by atoms with E-state index in [4.69, 9.17) is 0 Å². The van der Waals surface area contributed by atoms with Crippen molar-refractivity contribution in [2.45, 2.75) is 32.2 Å². The number of carbonyl (C=O) groups is 2. The number of Topliss-reactive ketones (excluding diaryl/α,β-unsaturated/α-hetero) is 1. The van der Waals surface area contributed by atoms with Crippen LogP contribution in [-0.4, -0.2) is 33.3 Å². The van der Waals surface area contributed by atoms with Gasteiger partial charge in [-0.2, -0.15) is 0 Å². The molecule has 1 heterocycles. The Morgan fingerprint density at radius 1 is 1.04 bits per heavy atom. The summed E-state index contributed by atoms with van der Waals surface area (Å²) in [6.45, 7) is 2.37. The second-order valence-electron chi connectivity index (χ2n) is 6.66. The molecule has 1 amide bonds. The fourth-order valence-electron chi connectivity index (χ4n) is 3.45. The van der Waals surface area contributed by atoms with Crippen molar-refractivity contribution >= 4 is 11.7 Å². The molecule has 1 unspecified atom stereocenters. The first kappa shape index (κ1) is 18.7. The molecule has 0 spiro atoms. The highest BCUT2D eigenvalue weighted by Gasteiger charge is 2.42. The highest BCUT2D eigenvalue weighted by atomic mass is 16.3. The second-order valence-corrected chi connectivity index (χ2v) is 6.66. The molecule has 0 aliphatic carbocycles. The minimum Gasteiger partial charge on any atom is -0.508 e. The molecule has 2 aromatic carbocycles. The Labute approximate surface area is 158 Å². The lowest BCUT2D eigenvalue weighted by Gasteiger charge is -2.26. The van der Waals surface area contributed by atoms with E-state index >= 15 is 0 Å². The molecule has 1 atom stereocenters. The maximum absolute atomic E-state index is 12.9. The standard InChI is InChI=1S/C22H23NO4/c1-2-14-23-20(16-9-11-17(24)12-10-16)19(21(26)22(23)27)18(25)13-8-15-6-4-3-5-7-15/h3-7,9-12,20,24,26H,2,8,13-14H2,1H3. The van der Waals surface area contributed by atoms with Gasteiger partial charge >= 0.3 is 0 Å². The van der Waals surface area contributed by atoms with Crippen molar-refractivity contribution in [2.75, 3.05) is 6.54 Å². The number of amides is 1. The number of carbonyl (C=O) groups excluding carboxylic acids is 2. The monoisotopic (exact) mass is 365 g/mol. The molecule has 5 nitrogen and oxygen atoms in total. The Kier molecular flexibility index (Phi) is 5.60. The number of aliphatic hydroxyl groups excluding tert-OH is 1. The van der Waals surface area contributed by atoms with Crippen LogP contribution in [0.2, 0.25) is 0 Å². The summed E-state index contributed by atoms with van der Waals surface area (Å²) in [5, 5.41) is 20.0. The minimum atomic E-state index is -0.624. The first-order chi connectivity index (χ1) is 13.0. The SMILES string of the molecule is CCCN1C(=O)C(O)=C(C(=O)CCc2ccccc2)C1c1ccc(O)cc1. The number of aryl methyl sites for hydroxylation is 1. The zero-order valence-corrected chi connectivity index (χ0v) is 15.3. The Bertz CT molecular complexity index is 856. The van der Waals surface area contributed by atoms with Crippen LogP contribution in [0.1, 0.15) is 36.9 Å². The smallest absolute Gasteiger partial charge is 0.290 e.